The molecule has 0 saturated heterocycles. The minimum Gasteiger partial charge on any atom is -0.495 e. The minimum absolute atomic E-state index is 0.130. The molecule has 0 unspecified atom stereocenters. The maximum atomic E-state index is 11.9. The quantitative estimate of drug-likeness (QED) is 0.593. The van der Waals surface area contributed by atoms with Crippen LogP contribution in [-0.2, 0) is 10.9 Å². The monoisotopic (exact) mass is 254 g/mol. The minimum atomic E-state index is 0.130. The van der Waals surface area contributed by atoms with Gasteiger partial charge in [0.05, 0.1) is 25.3 Å². The summed E-state index contributed by atoms with van der Waals surface area (Å²) >= 11 is 0. The number of Topliss-reactive ketones (excluding diaryl/α,β-unsaturated/α-hetero) is 1. The molecule has 0 spiro atoms. The van der Waals surface area contributed by atoms with Gasteiger partial charge in [0.2, 0.25) is 5.78 Å². The van der Waals surface area contributed by atoms with Crippen LogP contribution in [0.5, 0.6) is 5.75 Å². The molecular formula is C13H20NO2S+. The number of carbonyl (C=O) groups excluding carboxylic acids is 1. The van der Waals surface area contributed by atoms with E-state index in [0.717, 1.165) is 17.0 Å². The van der Waals surface area contributed by atoms with Crippen molar-refractivity contribution < 1.29 is 9.53 Å². The highest BCUT2D eigenvalue weighted by Gasteiger charge is 2.16. The number of hydrogen-bond acceptors (Lipinski definition) is 3. The van der Waals surface area contributed by atoms with Gasteiger partial charge >= 0.3 is 0 Å². The maximum absolute atomic E-state index is 11.9. The van der Waals surface area contributed by atoms with Gasteiger partial charge in [-0.2, -0.15) is 0 Å². The van der Waals surface area contributed by atoms with E-state index in [-0.39, 0.29) is 16.7 Å². The van der Waals surface area contributed by atoms with E-state index in [0.29, 0.717) is 5.75 Å². The summed E-state index contributed by atoms with van der Waals surface area (Å²) in [7, 11) is 5.66. The van der Waals surface area contributed by atoms with E-state index in [2.05, 4.69) is 12.5 Å². The molecule has 0 fully saturated rings. The summed E-state index contributed by atoms with van der Waals surface area (Å²) in [5, 5.41) is 0. The molecule has 0 aliphatic carbocycles. The molecule has 1 aromatic rings. The predicted octanol–water partition coefficient (Wildman–Crippen LogP) is 1.82. The molecule has 0 amide bonds. The van der Waals surface area contributed by atoms with Crippen molar-refractivity contribution >= 4 is 22.4 Å². The molecule has 17 heavy (non-hydrogen) atoms. The Morgan fingerprint density at radius 3 is 2.47 bits per heavy atom. The number of methoxy groups -OCH3 is 1. The maximum Gasteiger partial charge on any atom is 0.211 e. The summed E-state index contributed by atoms with van der Waals surface area (Å²) in [4.78, 5) is 13.9. The van der Waals surface area contributed by atoms with Crippen LogP contribution in [0, 0.1) is 0 Å². The fraction of sp³-hybridized carbons (Fsp3) is 0.462. The molecule has 0 radical (unpaired) electrons. The van der Waals surface area contributed by atoms with Gasteiger partial charge in [-0.1, -0.05) is 0 Å². The van der Waals surface area contributed by atoms with Crippen molar-refractivity contribution in [1.29, 1.82) is 0 Å². The molecular weight excluding hydrogens is 234 g/mol. The normalized spacial score (nSPS) is 10.5. The summed E-state index contributed by atoms with van der Waals surface area (Å²) in [6, 6.07) is 5.62. The lowest BCUT2D eigenvalue weighted by atomic mass is 10.1. The smallest absolute Gasteiger partial charge is 0.211 e. The predicted molar refractivity (Wildman–Crippen MR) is 75.7 cm³/mol. The zero-order valence-corrected chi connectivity index (χ0v) is 11.9. The Balaban J connectivity index is 3.01. The first kappa shape index (κ1) is 13.9. The third-order valence-electron chi connectivity index (χ3n) is 2.40. The SMILES string of the molecule is COc1cc(C(=O)C[S+](C)C)ccc1N(C)C. The van der Waals surface area contributed by atoms with E-state index in [1.54, 1.807) is 7.11 Å². The summed E-state index contributed by atoms with van der Waals surface area (Å²) in [6.45, 7) is 0. The molecule has 4 heteroatoms. The first-order chi connectivity index (χ1) is 7.95. The van der Waals surface area contributed by atoms with Gasteiger partial charge in [-0.3, -0.25) is 4.79 Å². The second-order valence-corrected chi connectivity index (χ2v) is 6.59. The number of anilines is 1. The Labute approximate surface area is 106 Å². The topological polar surface area (TPSA) is 29.5 Å². The van der Waals surface area contributed by atoms with Crippen LogP contribution in [-0.4, -0.2) is 45.3 Å². The van der Waals surface area contributed by atoms with Gasteiger partial charge in [-0.05, 0) is 29.1 Å². The van der Waals surface area contributed by atoms with E-state index in [4.69, 9.17) is 4.74 Å². The zero-order chi connectivity index (χ0) is 13.0. The van der Waals surface area contributed by atoms with Crippen molar-refractivity contribution in [1.82, 2.24) is 0 Å². The van der Waals surface area contributed by atoms with Gasteiger partial charge in [0, 0.05) is 19.7 Å². The van der Waals surface area contributed by atoms with E-state index < -0.39 is 0 Å². The van der Waals surface area contributed by atoms with E-state index in [9.17, 15) is 4.79 Å². The molecule has 0 bridgehead atoms. The number of carbonyl (C=O) groups is 1. The first-order valence-corrected chi connectivity index (χ1v) is 7.59. The lowest BCUT2D eigenvalue weighted by molar-refractivity contribution is 0.102. The van der Waals surface area contributed by atoms with E-state index in [1.807, 2.05) is 37.2 Å². The second kappa shape index (κ2) is 5.96. The highest BCUT2D eigenvalue weighted by molar-refractivity contribution is 7.96. The molecule has 1 aromatic carbocycles. The van der Waals surface area contributed by atoms with Crippen molar-refractivity contribution in [3.8, 4) is 5.75 Å². The van der Waals surface area contributed by atoms with E-state index >= 15 is 0 Å². The Morgan fingerprint density at radius 1 is 1.35 bits per heavy atom. The van der Waals surface area contributed by atoms with Gasteiger partial charge in [0.15, 0.2) is 5.75 Å². The van der Waals surface area contributed by atoms with Gasteiger partial charge < -0.3 is 9.64 Å². The third-order valence-corrected chi connectivity index (χ3v) is 3.24. The molecule has 0 aliphatic heterocycles. The highest BCUT2D eigenvalue weighted by Crippen LogP contribution is 2.27. The number of rotatable bonds is 5. The van der Waals surface area contributed by atoms with Gasteiger partial charge in [-0.25, -0.2) is 0 Å². The number of ketones is 1. The second-order valence-electron chi connectivity index (χ2n) is 4.33. The average Bonchev–Trinajstić information content (AvgIpc) is 2.27. The van der Waals surface area contributed by atoms with Crippen LogP contribution in [0.25, 0.3) is 0 Å². The van der Waals surface area contributed by atoms with Gasteiger partial charge in [-0.15, -0.1) is 0 Å². The first-order valence-electron chi connectivity index (χ1n) is 5.38. The molecule has 3 nitrogen and oxygen atoms in total. The van der Waals surface area contributed by atoms with Crippen molar-refractivity contribution in [3.05, 3.63) is 23.8 Å². The zero-order valence-electron chi connectivity index (χ0n) is 11.1. The van der Waals surface area contributed by atoms with Crippen molar-refractivity contribution in [3.63, 3.8) is 0 Å². The van der Waals surface area contributed by atoms with Gasteiger partial charge in [0.1, 0.15) is 5.75 Å². The molecule has 94 valence electrons. The van der Waals surface area contributed by atoms with Crippen molar-refractivity contribution in [2.75, 3.05) is 44.4 Å². The number of hydrogen-bond donors (Lipinski definition) is 0. The Morgan fingerprint density at radius 2 is 2.00 bits per heavy atom. The Bertz CT molecular complexity index is 402. The van der Waals surface area contributed by atoms with Crippen LogP contribution in [0.3, 0.4) is 0 Å². The summed E-state index contributed by atoms with van der Waals surface area (Å²) < 4.78 is 5.31. The van der Waals surface area contributed by atoms with Crippen molar-refractivity contribution in [2.45, 2.75) is 0 Å². The highest BCUT2D eigenvalue weighted by atomic mass is 32.2. The van der Waals surface area contributed by atoms with Crippen LogP contribution in [0.2, 0.25) is 0 Å². The number of nitrogens with zero attached hydrogens (tertiary/aromatic N) is 1. The van der Waals surface area contributed by atoms with Crippen LogP contribution in [0.15, 0.2) is 18.2 Å². The molecule has 0 aromatic heterocycles. The lowest BCUT2D eigenvalue weighted by Gasteiger charge is -2.16. The molecule has 0 N–H and O–H groups in total. The standard InChI is InChI=1S/C13H20NO2S/c1-14(2)11-7-6-10(8-13(11)16-3)12(15)9-17(4)5/h6-8H,9H2,1-5H3/q+1. The largest absolute Gasteiger partial charge is 0.495 e. The lowest BCUT2D eigenvalue weighted by Crippen LogP contribution is -2.15. The third kappa shape index (κ3) is 3.66. The average molecular weight is 254 g/mol. The fourth-order valence-corrected chi connectivity index (χ4v) is 2.26. The number of ether oxygens (including phenoxy) is 1. The summed E-state index contributed by atoms with van der Waals surface area (Å²) in [5.74, 6) is 1.53. The van der Waals surface area contributed by atoms with Crippen LogP contribution >= 0.6 is 0 Å². The van der Waals surface area contributed by atoms with E-state index in [1.165, 1.54) is 0 Å². The van der Waals surface area contributed by atoms with Gasteiger partial charge in [0.25, 0.3) is 0 Å². The van der Waals surface area contributed by atoms with Crippen LogP contribution in [0.4, 0.5) is 5.69 Å². The Hall–Kier alpha value is -1.16. The fourth-order valence-electron chi connectivity index (χ4n) is 1.57. The molecule has 0 heterocycles. The molecule has 0 saturated carbocycles. The molecule has 1 rings (SSSR count). The van der Waals surface area contributed by atoms with Crippen LogP contribution < -0.4 is 9.64 Å². The molecule has 0 atom stereocenters. The van der Waals surface area contributed by atoms with Crippen molar-refractivity contribution in [2.24, 2.45) is 0 Å². The van der Waals surface area contributed by atoms with Crippen LogP contribution in [0.1, 0.15) is 10.4 Å². The Kier molecular flexibility index (Phi) is 4.87. The summed E-state index contributed by atoms with van der Waals surface area (Å²) in [6.07, 6.45) is 4.15. The summed E-state index contributed by atoms with van der Waals surface area (Å²) in [5.41, 5.74) is 1.71. The molecule has 0 aliphatic rings. The number of benzene rings is 1.